The van der Waals surface area contributed by atoms with Crippen LogP contribution in [0.25, 0.3) is 10.6 Å². The van der Waals surface area contributed by atoms with E-state index in [0.717, 1.165) is 15.4 Å². The molecule has 0 spiro atoms. The number of benzene rings is 1. The molecule has 1 aliphatic carbocycles. The highest BCUT2D eigenvalue weighted by molar-refractivity contribution is 7.18. The van der Waals surface area contributed by atoms with Gasteiger partial charge in [-0.1, -0.05) is 18.2 Å². The maximum absolute atomic E-state index is 13.0. The number of hydrazine groups is 1. The fourth-order valence-corrected chi connectivity index (χ4v) is 5.98. The standard InChI is InChI=1S/C24H22N4O3S2/c1-13-10-11-19(32-13)20-14(2)33-24(25-20)26-21(29)15-6-5-7-16(12-15)28-23(31)18-9-4-3-8-17(18)22(30)27-28/h3-7,10-12,17-18H,8-9H2,1-2H3,(H,27,30)(H,25,26,29). The van der Waals surface area contributed by atoms with Crippen LogP contribution in [0.2, 0.25) is 0 Å². The molecule has 5 rings (SSSR count). The topological polar surface area (TPSA) is 91.4 Å². The number of thiophene rings is 1. The Labute approximate surface area is 199 Å². The number of aryl methyl sites for hydroxylation is 2. The summed E-state index contributed by atoms with van der Waals surface area (Å²) in [4.78, 5) is 46.4. The summed E-state index contributed by atoms with van der Waals surface area (Å²) in [5.41, 5.74) is 4.41. The molecule has 1 aliphatic heterocycles. The van der Waals surface area contributed by atoms with Gasteiger partial charge in [0.15, 0.2) is 5.13 Å². The Balaban J connectivity index is 1.35. The van der Waals surface area contributed by atoms with Gasteiger partial charge in [0.05, 0.1) is 28.1 Å². The Kier molecular flexibility index (Phi) is 5.59. The van der Waals surface area contributed by atoms with Crippen molar-refractivity contribution in [2.24, 2.45) is 11.8 Å². The highest BCUT2D eigenvalue weighted by Gasteiger charge is 2.42. The number of anilines is 2. The van der Waals surface area contributed by atoms with Crippen molar-refractivity contribution in [3.8, 4) is 10.6 Å². The molecule has 2 N–H and O–H groups in total. The molecule has 9 heteroatoms. The summed E-state index contributed by atoms with van der Waals surface area (Å²) in [6, 6.07) is 10.8. The number of allylic oxidation sites excluding steroid dienone is 2. The van der Waals surface area contributed by atoms with Crippen LogP contribution in [-0.4, -0.2) is 22.7 Å². The number of aromatic nitrogens is 1. The molecule has 33 heavy (non-hydrogen) atoms. The van der Waals surface area contributed by atoms with Crippen molar-refractivity contribution in [1.82, 2.24) is 10.4 Å². The molecular formula is C24H22N4O3S2. The van der Waals surface area contributed by atoms with E-state index in [-0.39, 0.29) is 29.6 Å². The molecule has 7 nitrogen and oxygen atoms in total. The first-order chi connectivity index (χ1) is 15.9. The zero-order valence-electron chi connectivity index (χ0n) is 18.1. The van der Waals surface area contributed by atoms with E-state index in [1.165, 1.54) is 21.2 Å². The zero-order chi connectivity index (χ0) is 23.1. The second kappa shape index (κ2) is 8.57. The molecule has 3 aromatic rings. The highest BCUT2D eigenvalue weighted by Crippen LogP contribution is 2.35. The molecule has 2 aliphatic rings. The summed E-state index contributed by atoms with van der Waals surface area (Å²) >= 11 is 3.09. The predicted octanol–water partition coefficient (Wildman–Crippen LogP) is 4.70. The second-order valence-corrected chi connectivity index (χ2v) is 10.6. The van der Waals surface area contributed by atoms with Crippen LogP contribution in [-0.2, 0) is 9.59 Å². The third kappa shape index (κ3) is 4.09. The first kappa shape index (κ1) is 21.5. The Morgan fingerprint density at radius 2 is 1.88 bits per heavy atom. The van der Waals surface area contributed by atoms with E-state index in [9.17, 15) is 14.4 Å². The molecule has 2 atom stereocenters. The normalized spacial score (nSPS) is 19.9. The van der Waals surface area contributed by atoms with Crippen molar-refractivity contribution in [2.45, 2.75) is 26.7 Å². The van der Waals surface area contributed by atoms with Crippen molar-refractivity contribution in [2.75, 3.05) is 10.3 Å². The summed E-state index contributed by atoms with van der Waals surface area (Å²) in [7, 11) is 0. The summed E-state index contributed by atoms with van der Waals surface area (Å²) in [6.45, 7) is 4.03. The van der Waals surface area contributed by atoms with E-state index >= 15 is 0 Å². The lowest BCUT2D eigenvalue weighted by Gasteiger charge is -2.38. The minimum atomic E-state index is -0.376. The average Bonchev–Trinajstić information content (AvgIpc) is 3.41. The first-order valence-electron chi connectivity index (χ1n) is 10.7. The van der Waals surface area contributed by atoms with E-state index in [1.807, 2.05) is 32.1 Å². The van der Waals surface area contributed by atoms with Crippen molar-refractivity contribution in [1.29, 1.82) is 0 Å². The van der Waals surface area contributed by atoms with Crippen LogP contribution in [0.3, 0.4) is 0 Å². The molecule has 1 saturated heterocycles. The first-order valence-corrected chi connectivity index (χ1v) is 12.3. The number of nitrogens with one attached hydrogen (secondary N) is 2. The van der Waals surface area contributed by atoms with Crippen LogP contribution >= 0.6 is 22.7 Å². The molecule has 1 aromatic carbocycles. The summed E-state index contributed by atoms with van der Waals surface area (Å²) < 4.78 is 0. The third-order valence-electron chi connectivity index (χ3n) is 5.89. The van der Waals surface area contributed by atoms with Gasteiger partial charge in [0.2, 0.25) is 11.8 Å². The highest BCUT2D eigenvalue weighted by atomic mass is 32.1. The molecule has 0 saturated carbocycles. The minimum absolute atomic E-state index is 0.159. The Hall–Kier alpha value is -3.30. The maximum Gasteiger partial charge on any atom is 0.257 e. The number of amides is 3. The number of carbonyl (C=O) groups is 3. The summed E-state index contributed by atoms with van der Waals surface area (Å²) in [6.07, 6.45) is 5.00. The van der Waals surface area contributed by atoms with Gasteiger partial charge in [0, 0.05) is 15.3 Å². The number of hydrogen-bond acceptors (Lipinski definition) is 6. The van der Waals surface area contributed by atoms with Gasteiger partial charge >= 0.3 is 0 Å². The SMILES string of the molecule is Cc1ccc(-c2nc(NC(=O)c3cccc(N4NC(=O)C5CC=CCC5C4=O)c3)sc2C)s1. The number of carbonyl (C=O) groups excluding carboxylic acids is 3. The smallest absolute Gasteiger partial charge is 0.257 e. The fourth-order valence-electron chi connectivity index (χ4n) is 4.18. The summed E-state index contributed by atoms with van der Waals surface area (Å²) in [5.74, 6) is -1.37. The zero-order valence-corrected chi connectivity index (χ0v) is 19.8. The van der Waals surface area contributed by atoms with E-state index in [1.54, 1.807) is 35.6 Å². The van der Waals surface area contributed by atoms with E-state index in [2.05, 4.69) is 21.8 Å². The molecule has 0 radical (unpaired) electrons. The van der Waals surface area contributed by atoms with Crippen LogP contribution in [0.4, 0.5) is 10.8 Å². The van der Waals surface area contributed by atoms with Crippen LogP contribution < -0.4 is 15.8 Å². The quantitative estimate of drug-likeness (QED) is 0.532. The van der Waals surface area contributed by atoms with Crippen LogP contribution in [0.5, 0.6) is 0 Å². The van der Waals surface area contributed by atoms with Gasteiger partial charge < -0.3 is 0 Å². The van der Waals surface area contributed by atoms with Crippen molar-refractivity contribution in [3.05, 3.63) is 63.9 Å². The molecular weight excluding hydrogens is 456 g/mol. The fraction of sp³-hybridized carbons (Fsp3) is 0.250. The molecule has 1 fully saturated rings. The van der Waals surface area contributed by atoms with Gasteiger partial charge in [0.1, 0.15) is 0 Å². The van der Waals surface area contributed by atoms with Crippen LogP contribution in [0.15, 0.2) is 48.6 Å². The number of fused-ring (bicyclic) bond motifs is 1. The van der Waals surface area contributed by atoms with E-state index in [4.69, 9.17) is 0 Å². The monoisotopic (exact) mass is 478 g/mol. The number of hydrogen-bond donors (Lipinski definition) is 2. The number of thiazole rings is 1. The molecule has 2 aromatic heterocycles. The van der Waals surface area contributed by atoms with Crippen LogP contribution in [0, 0.1) is 25.7 Å². The third-order valence-corrected chi connectivity index (χ3v) is 7.78. The molecule has 168 valence electrons. The number of nitrogens with zero attached hydrogens (tertiary/aromatic N) is 2. The summed E-state index contributed by atoms with van der Waals surface area (Å²) in [5, 5.41) is 4.65. The average molecular weight is 479 g/mol. The lowest BCUT2D eigenvalue weighted by atomic mass is 9.80. The van der Waals surface area contributed by atoms with Gasteiger partial charge in [-0.05, 0) is 57.0 Å². The van der Waals surface area contributed by atoms with Gasteiger partial charge in [-0.25, -0.2) is 9.99 Å². The molecule has 2 unspecified atom stereocenters. The van der Waals surface area contributed by atoms with Crippen molar-refractivity contribution < 1.29 is 14.4 Å². The predicted molar refractivity (Wildman–Crippen MR) is 130 cm³/mol. The Morgan fingerprint density at radius 3 is 2.64 bits per heavy atom. The maximum atomic E-state index is 13.0. The number of rotatable bonds is 4. The lowest BCUT2D eigenvalue weighted by Crippen LogP contribution is -2.59. The second-order valence-electron chi connectivity index (χ2n) is 8.14. The van der Waals surface area contributed by atoms with Crippen molar-refractivity contribution >= 4 is 51.2 Å². The Morgan fingerprint density at radius 1 is 1.09 bits per heavy atom. The van der Waals surface area contributed by atoms with Gasteiger partial charge in [-0.3, -0.25) is 25.1 Å². The van der Waals surface area contributed by atoms with Crippen molar-refractivity contribution in [3.63, 3.8) is 0 Å². The minimum Gasteiger partial charge on any atom is -0.298 e. The Bertz CT molecular complexity index is 1290. The van der Waals surface area contributed by atoms with Gasteiger partial charge in [0.25, 0.3) is 5.91 Å². The van der Waals surface area contributed by atoms with Gasteiger partial charge in [-0.15, -0.1) is 22.7 Å². The van der Waals surface area contributed by atoms with E-state index < -0.39 is 0 Å². The van der Waals surface area contributed by atoms with Gasteiger partial charge in [-0.2, -0.15) is 0 Å². The largest absolute Gasteiger partial charge is 0.298 e. The van der Waals surface area contributed by atoms with E-state index in [0.29, 0.717) is 29.2 Å². The van der Waals surface area contributed by atoms with Crippen LogP contribution in [0.1, 0.15) is 33.0 Å². The molecule has 0 bridgehead atoms. The molecule has 3 heterocycles. The lowest BCUT2D eigenvalue weighted by molar-refractivity contribution is -0.139. The molecule has 3 amide bonds.